The summed E-state index contributed by atoms with van der Waals surface area (Å²) in [6, 6.07) is 0. The lowest BCUT2D eigenvalue weighted by Gasteiger charge is -2.31. The zero-order valence-corrected chi connectivity index (χ0v) is 14.6. The van der Waals surface area contributed by atoms with Crippen LogP contribution in [0.15, 0.2) is 9.63 Å². The molecule has 0 radical (unpaired) electrons. The Bertz CT molecular complexity index is 524. The van der Waals surface area contributed by atoms with E-state index in [0.717, 1.165) is 24.6 Å². The quantitative estimate of drug-likeness (QED) is 0.702. The highest BCUT2D eigenvalue weighted by Crippen LogP contribution is 2.28. The van der Waals surface area contributed by atoms with Crippen molar-refractivity contribution in [2.75, 3.05) is 18.4 Å². The predicted molar refractivity (Wildman–Crippen MR) is 78.6 cm³/mol. The first-order valence-electron chi connectivity index (χ1n) is 6.08. The lowest BCUT2D eigenvalue weighted by atomic mass is 9.97. The van der Waals surface area contributed by atoms with Gasteiger partial charge in [-0.3, -0.25) is 0 Å². The van der Waals surface area contributed by atoms with E-state index in [9.17, 15) is 8.42 Å². The molecule has 2 rings (SSSR count). The van der Waals surface area contributed by atoms with Gasteiger partial charge in [0.1, 0.15) is 0 Å². The van der Waals surface area contributed by atoms with Crippen LogP contribution >= 0.6 is 31.9 Å². The van der Waals surface area contributed by atoms with Gasteiger partial charge in [-0.15, -0.1) is 5.10 Å². The van der Waals surface area contributed by atoms with Gasteiger partial charge in [-0.05, 0) is 41.1 Å². The first kappa shape index (κ1) is 15.4. The zero-order chi connectivity index (χ0) is 14.0. The summed E-state index contributed by atoms with van der Waals surface area (Å²) in [4.78, 5) is 0. The van der Waals surface area contributed by atoms with Crippen LogP contribution in [0.5, 0.6) is 0 Å². The maximum absolute atomic E-state index is 12.6. The molecule has 1 aliphatic rings. The smallest absolute Gasteiger partial charge is 0.235 e. The summed E-state index contributed by atoms with van der Waals surface area (Å²) in [7, 11) is -1.93. The molecule has 6 nitrogen and oxygen atoms in total. The van der Waals surface area contributed by atoms with Crippen molar-refractivity contribution in [1.82, 2.24) is 19.3 Å². The molecule has 0 aromatic carbocycles. The molecule has 1 aromatic rings. The first-order valence-corrected chi connectivity index (χ1v) is 9.43. The SMILES string of the molecule is Cn1nnc(Br)c1S(=O)(=O)N1CCCC(CCBr)C1. The van der Waals surface area contributed by atoms with Crippen LogP contribution in [0.2, 0.25) is 0 Å². The number of halogens is 2. The van der Waals surface area contributed by atoms with Gasteiger partial charge in [0.15, 0.2) is 4.60 Å². The fourth-order valence-corrected chi connectivity index (χ4v) is 5.59. The van der Waals surface area contributed by atoms with Crippen molar-refractivity contribution in [3.8, 4) is 0 Å². The van der Waals surface area contributed by atoms with E-state index in [1.165, 1.54) is 4.68 Å². The molecule has 9 heteroatoms. The average Bonchev–Trinajstić information content (AvgIpc) is 2.70. The van der Waals surface area contributed by atoms with Crippen LogP contribution in [0, 0.1) is 5.92 Å². The highest BCUT2D eigenvalue weighted by Gasteiger charge is 2.34. The summed E-state index contributed by atoms with van der Waals surface area (Å²) < 4.78 is 28.4. The average molecular weight is 416 g/mol. The van der Waals surface area contributed by atoms with E-state index in [-0.39, 0.29) is 9.63 Å². The minimum atomic E-state index is -3.52. The lowest BCUT2D eigenvalue weighted by Crippen LogP contribution is -2.40. The summed E-state index contributed by atoms with van der Waals surface area (Å²) in [6.45, 7) is 1.14. The molecule has 108 valence electrons. The number of nitrogens with zero attached hydrogens (tertiary/aromatic N) is 4. The van der Waals surface area contributed by atoms with Crippen molar-refractivity contribution < 1.29 is 8.42 Å². The van der Waals surface area contributed by atoms with Crippen LogP contribution < -0.4 is 0 Å². The molecule has 19 heavy (non-hydrogen) atoms. The van der Waals surface area contributed by atoms with Crippen LogP contribution in [0.3, 0.4) is 0 Å². The second-order valence-corrected chi connectivity index (χ2v) is 8.06. The molecule has 1 saturated heterocycles. The Labute approximate surface area is 129 Å². The molecule has 0 spiro atoms. The Balaban J connectivity index is 2.25. The molecule has 0 N–H and O–H groups in total. The number of hydrogen-bond donors (Lipinski definition) is 0. The van der Waals surface area contributed by atoms with Crippen molar-refractivity contribution in [2.24, 2.45) is 13.0 Å². The van der Waals surface area contributed by atoms with Gasteiger partial charge in [-0.25, -0.2) is 13.1 Å². The molecule has 1 fully saturated rings. The number of alkyl halides is 1. The normalized spacial score (nSPS) is 21.7. The summed E-state index contributed by atoms with van der Waals surface area (Å²) in [6.07, 6.45) is 2.99. The summed E-state index contributed by atoms with van der Waals surface area (Å²) in [5.41, 5.74) is 0. The van der Waals surface area contributed by atoms with Crippen molar-refractivity contribution in [3.05, 3.63) is 4.60 Å². The van der Waals surface area contributed by atoms with Crippen molar-refractivity contribution in [1.29, 1.82) is 0 Å². The van der Waals surface area contributed by atoms with E-state index in [1.54, 1.807) is 11.4 Å². The maximum atomic E-state index is 12.6. The molecule has 0 aliphatic carbocycles. The van der Waals surface area contributed by atoms with Crippen LogP contribution in [-0.4, -0.2) is 46.1 Å². The second-order valence-electron chi connectivity index (χ2n) is 4.66. The Kier molecular flexibility index (Phi) is 5.02. The number of hydrogen-bond acceptors (Lipinski definition) is 4. The maximum Gasteiger partial charge on any atom is 0.263 e. The summed E-state index contributed by atoms with van der Waals surface area (Å²) >= 11 is 6.58. The van der Waals surface area contributed by atoms with Crippen LogP contribution in [0.1, 0.15) is 19.3 Å². The zero-order valence-electron chi connectivity index (χ0n) is 10.6. The van der Waals surface area contributed by atoms with E-state index in [4.69, 9.17) is 0 Å². The molecule has 0 amide bonds. The fraction of sp³-hybridized carbons (Fsp3) is 0.800. The van der Waals surface area contributed by atoms with E-state index < -0.39 is 10.0 Å². The minimum absolute atomic E-state index is 0.131. The largest absolute Gasteiger partial charge is 0.263 e. The lowest BCUT2D eigenvalue weighted by molar-refractivity contribution is 0.261. The second kappa shape index (κ2) is 6.19. The standard InChI is InChI=1S/C10H16Br2N4O2S/c1-15-10(9(12)13-14-15)19(17,18)16-6-2-3-8(7-16)4-5-11/h8H,2-7H2,1H3. The third-order valence-electron chi connectivity index (χ3n) is 3.32. The number of rotatable bonds is 4. The van der Waals surface area contributed by atoms with Crippen molar-refractivity contribution in [3.63, 3.8) is 0 Å². The Morgan fingerprint density at radius 1 is 1.47 bits per heavy atom. The van der Waals surface area contributed by atoms with Gasteiger partial charge in [0.2, 0.25) is 5.03 Å². The van der Waals surface area contributed by atoms with Gasteiger partial charge >= 0.3 is 0 Å². The predicted octanol–water partition coefficient (Wildman–Crippen LogP) is 1.76. The molecular formula is C10H16Br2N4O2S. The number of piperidine rings is 1. The molecule has 1 unspecified atom stereocenters. The third kappa shape index (κ3) is 3.20. The van der Waals surface area contributed by atoms with E-state index in [1.807, 2.05) is 0 Å². The minimum Gasteiger partial charge on any atom is -0.235 e. The highest BCUT2D eigenvalue weighted by molar-refractivity contribution is 9.10. The highest BCUT2D eigenvalue weighted by atomic mass is 79.9. The van der Waals surface area contributed by atoms with Gasteiger partial charge in [-0.1, -0.05) is 21.1 Å². The van der Waals surface area contributed by atoms with Gasteiger partial charge < -0.3 is 0 Å². The molecule has 0 saturated carbocycles. The first-order chi connectivity index (χ1) is 8.96. The van der Waals surface area contributed by atoms with E-state index in [2.05, 4.69) is 42.2 Å². The molecule has 0 bridgehead atoms. The monoisotopic (exact) mass is 414 g/mol. The van der Waals surface area contributed by atoms with Crippen molar-refractivity contribution in [2.45, 2.75) is 24.3 Å². The Morgan fingerprint density at radius 3 is 2.79 bits per heavy atom. The molecule has 1 aliphatic heterocycles. The van der Waals surface area contributed by atoms with Crippen LogP contribution in [-0.2, 0) is 17.1 Å². The van der Waals surface area contributed by atoms with Crippen LogP contribution in [0.4, 0.5) is 0 Å². The fourth-order valence-electron chi connectivity index (χ4n) is 2.35. The van der Waals surface area contributed by atoms with E-state index >= 15 is 0 Å². The Hall–Kier alpha value is 0.01000. The van der Waals surface area contributed by atoms with Gasteiger partial charge in [0.25, 0.3) is 10.0 Å². The van der Waals surface area contributed by atoms with Gasteiger partial charge in [0, 0.05) is 25.5 Å². The third-order valence-corrected chi connectivity index (χ3v) is 6.53. The summed E-state index contributed by atoms with van der Waals surface area (Å²) in [5.74, 6) is 0.419. The topological polar surface area (TPSA) is 68.1 Å². The van der Waals surface area contributed by atoms with Crippen molar-refractivity contribution >= 4 is 41.9 Å². The number of aryl methyl sites for hydroxylation is 1. The molecule has 2 heterocycles. The van der Waals surface area contributed by atoms with Gasteiger partial charge in [-0.2, -0.15) is 4.31 Å². The van der Waals surface area contributed by atoms with Gasteiger partial charge in [0.05, 0.1) is 0 Å². The number of aromatic nitrogens is 3. The summed E-state index contributed by atoms with van der Waals surface area (Å²) in [5, 5.41) is 8.52. The van der Waals surface area contributed by atoms with E-state index in [0.29, 0.717) is 19.0 Å². The molecule has 1 aromatic heterocycles. The molecular weight excluding hydrogens is 400 g/mol. The Morgan fingerprint density at radius 2 is 2.21 bits per heavy atom. The van der Waals surface area contributed by atoms with Crippen LogP contribution in [0.25, 0.3) is 0 Å². The molecule has 1 atom stereocenters. The number of sulfonamides is 1.